The molecule has 1 amide bonds. The Morgan fingerprint density at radius 1 is 0.814 bits per heavy atom. The van der Waals surface area contributed by atoms with Crippen LogP contribution in [0.4, 0.5) is 0 Å². The first kappa shape index (κ1) is 42.5. The Morgan fingerprint density at radius 3 is 2.10 bits per heavy atom. The second kappa shape index (κ2) is 19.1. The van der Waals surface area contributed by atoms with Gasteiger partial charge in [-0.25, -0.2) is 9.78 Å². The number of methoxy groups -OCH3 is 5. The van der Waals surface area contributed by atoms with Gasteiger partial charge in [-0.15, -0.1) is 0 Å². The van der Waals surface area contributed by atoms with Crippen LogP contribution in [0.3, 0.4) is 0 Å². The topological polar surface area (TPSA) is 142 Å². The van der Waals surface area contributed by atoms with E-state index in [2.05, 4.69) is 16.0 Å². The Bertz CT molecular complexity index is 2160. The number of aromatic carboxylic acids is 1. The van der Waals surface area contributed by atoms with Crippen LogP contribution in [0, 0.1) is 5.92 Å². The maximum Gasteiger partial charge on any atom is 0.335 e. The molecule has 2 saturated heterocycles. The normalized spacial score (nSPS) is 17.4. The van der Waals surface area contributed by atoms with Gasteiger partial charge in [0.25, 0.3) is 5.91 Å². The van der Waals surface area contributed by atoms with Gasteiger partial charge in [-0.1, -0.05) is 36.4 Å². The number of Topliss-reactive ketones (excluding diaryl/α,β-unsaturated/α-hetero) is 1. The molecule has 1 aromatic heterocycles. The number of hydrogen-bond donors (Lipinski definition) is 1. The van der Waals surface area contributed by atoms with E-state index in [1.165, 1.54) is 21.3 Å². The molecule has 312 valence electrons. The van der Waals surface area contributed by atoms with Crippen molar-refractivity contribution in [3.8, 4) is 28.7 Å². The summed E-state index contributed by atoms with van der Waals surface area (Å²) in [6.45, 7) is 5.65. The number of carboxylic acid groups (broad SMARTS) is 1. The van der Waals surface area contributed by atoms with Gasteiger partial charge in [0.2, 0.25) is 11.5 Å². The molecular weight excluding hydrogens is 753 g/mol. The largest absolute Gasteiger partial charge is 0.493 e. The van der Waals surface area contributed by atoms with E-state index in [9.17, 15) is 19.5 Å². The molecule has 13 nitrogen and oxygen atoms in total. The number of likely N-dealkylation sites (tertiary alicyclic amines) is 2. The van der Waals surface area contributed by atoms with Crippen molar-refractivity contribution >= 4 is 23.7 Å². The van der Waals surface area contributed by atoms with E-state index in [0.29, 0.717) is 72.6 Å². The molecule has 2 aliphatic rings. The summed E-state index contributed by atoms with van der Waals surface area (Å²) in [5.41, 5.74) is 3.03. The van der Waals surface area contributed by atoms with Crippen molar-refractivity contribution in [3.05, 3.63) is 113 Å². The molecule has 0 spiro atoms. The first-order valence-corrected chi connectivity index (χ1v) is 19.8. The molecule has 1 N–H and O–H groups in total. The number of nitrogens with zero attached hydrogens (tertiary/aromatic N) is 4. The summed E-state index contributed by atoms with van der Waals surface area (Å²) >= 11 is 0. The number of piperidine rings is 1. The number of carboxylic acids is 1. The molecule has 4 aromatic rings. The maximum atomic E-state index is 14.2. The lowest BCUT2D eigenvalue weighted by atomic mass is 9.76. The predicted molar refractivity (Wildman–Crippen MR) is 225 cm³/mol. The van der Waals surface area contributed by atoms with Crippen molar-refractivity contribution in [3.63, 3.8) is 0 Å². The molecule has 59 heavy (non-hydrogen) atoms. The molecule has 0 aliphatic carbocycles. The lowest BCUT2D eigenvalue weighted by Gasteiger charge is -2.36. The standard InChI is InChI=1S/C46H54N4O9/c1-7-8-9-10-36-28-47-43(50(36)29-31-11-13-33(14-12-31)45(53)54)41(51)32-17-21-48(22-18-32)23-19-46(35-15-16-37(55-2)38(27-35)56-3)20-24-49(30-46)44(52)34-25-39(57-4)42(59-6)40(26-34)58-5/h7-16,25-28,32H,17-24,29-30H2,1-6H3,(H,53,54)/b8-7+,10-9+. The van der Waals surface area contributed by atoms with E-state index in [4.69, 9.17) is 23.7 Å². The van der Waals surface area contributed by atoms with Crippen LogP contribution in [0.25, 0.3) is 6.08 Å². The SMILES string of the molecule is C/C=C/C=C/c1cnc(C(=O)C2CCN(CCC3(c4ccc(OC)c(OC)c4)CCN(C(=O)c4cc(OC)c(OC)c(OC)c4)C3)CC2)n1Cc1ccc(C(=O)O)cc1. The number of benzene rings is 3. The van der Waals surface area contributed by atoms with Gasteiger partial charge in [-0.05, 0) is 106 Å². The monoisotopic (exact) mass is 806 g/mol. The highest BCUT2D eigenvalue weighted by Gasteiger charge is 2.43. The van der Waals surface area contributed by atoms with Gasteiger partial charge in [0.15, 0.2) is 28.8 Å². The van der Waals surface area contributed by atoms with Crippen LogP contribution in [0.15, 0.2) is 79.0 Å². The molecule has 3 heterocycles. The first-order valence-electron chi connectivity index (χ1n) is 19.8. The lowest BCUT2D eigenvalue weighted by Crippen LogP contribution is -2.41. The van der Waals surface area contributed by atoms with Gasteiger partial charge < -0.3 is 43.2 Å². The Labute approximate surface area is 345 Å². The van der Waals surface area contributed by atoms with Crippen molar-refractivity contribution < 1.29 is 43.2 Å². The summed E-state index contributed by atoms with van der Waals surface area (Å²) in [5, 5.41) is 9.37. The van der Waals surface area contributed by atoms with Crippen molar-refractivity contribution in [2.75, 3.05) is 68.3 Å². The summed E-state index contributed by atoms with van der Waals surface area (Å²) < 4.78 is 29.8. The van der Waals surface area contributed by atoms with Crippen LogP contribution >= 0.6 is 0 Å². The van der Waals surface area contributed by atoms with E-state index in [1.807, 2.05) is 52.8 Å². The molecular formula is C46H54N4O9. The minimum absolute atomic E-state index is 0.0102. The second-order valence-electron chi connectivity index (χ2n) is 15.0. The number of aromatic nitrogens is 2. The van der Waals surface area contributed by atoms with Gasteiger partial charge in [-0.3, -0.25) is 9.59 Å². The Balaban J connectivity index is 1.18. The highest BCUT2D eigenvalue weighted by atomic mass is 16.5. The summed E-state index contributed by atoms with van der Waals surface area (Å²) in [7, 11) is 7.84. The van der Waals surface area contributed by atoms with Crippen LogP contribution in [0.1, 0.15) is 80.8 Å². The summed E-state index contributed by atoms with van der Waals surface area (Å²) in [5.74, 6) is 1.65. The summed E-state index contributed by atoms with van der Waals surface area (Å²) in [4.78, 5) is 48.6. The molecule has 2 fully saturated rings. The Kier molecular flexibility index (Phi) is 13.8. The van der Waals surface area contributed by atoms with Crippen LogP contribution < -0.4 is 23.7 Å². The van der Waals surface area contributed by atoms with E-state index in [0.717, 1.165) is 49.3 Å². The fourth-order valence-electron chi connectivity index (χ4n) is 8.24. The zero-order chi connectivity index (χ0) is 42.1. The molecule has 3 aromatic carbocycles. The van der Waals surface area contributed by atoms with Gasteiger partial charge in [0.05, 0.1) is 53.0 Å². The minimum Gasteiger partial charge on any atom is -0.493 e. The van der Waals surface area contributed by atoms with Gasteiger partial charge >= 0.3 is 5.97 Å². The van der Waals surface area contributed by atoms with Crippen LogP contribution in [-0.4, -0.2) is 110 Å². The number of hydrogen-bond acceptors (Lipinski definition) is 10. The highest BCUT2D eigenvalue weighted by Crippen LogP contribution is 2.43. The van der Waals surface area contributed by atoms with Gasteiger partial charge in [-0.2, -0.15) is 0 Å². The molecule has 0 bridgehead atoms. The summed E-state index contributed by atoms with van der Waals surface area (Å²) in [6.07, 6.45) is 12.3. The van der Waals surface area contributed by atoms with Crippen LogP contribution in [-0.2, 0) is 12.0 Å². The number of ketones is 1. The third-order valence-electron chi connectivity index (χ3n) is 11.6. The van der Waals surface area contributed by atoms with Crippen molar-refractivity contribution in [1.29, 1.82) is 0 Å². The molecule has 6 rings (SSSR count). The third kappa shape index (κ3) is 9.30. The third-order valence-corrected chi connectivity index (χ3v) is 11.6. The first-order chi connectivity index (χ1) is 28.6. The maximum absolute atomic E-state index is 14.2. The lowest BCUT2D eigenvalue weighted by molar-refractivity contribution is 0.0695. The predicted octanol–water partition coefficient (Wildman–Crippen LogP) is 7.03. The zero-order valence-corrected chi connectivity index (χ0v) is 34.7. The number of amides is 1. The van der Waals surface area contributed by atoms with Gasteiger partial charge in [0, 0.05) is 36.5 Å². The van der Waals surface area contributed by atoms with E-state index in [1.54, 1.807) is 56.8 Å². The Hall–Kier alpha value is -6.08. The number of ether oxygens (including phenoxy) is 5. The zero-order valence-electron chi connectivity index (χ0n) is 34.7. The van der Waals surface area contributed by atoms with Gasteiger partial charge in [0.1, 0.15) is 0 Å². The molecule has 0 saturated carbocycles. The molecule has 13 heteroatoms. The van der Waals surface area contributed by atoms with E-state index >= 15 is 0 Å². The van der Waals surface area contributed by atoms with Crippen molar-refractivity contribution in [1.82, 2.24) is 19.4 Å². The fraction of sp³-hybridized carbons (Fsp3) is 0.391. The number of carbonyl (C=O) groups is 3. The fourth-order valence-corrected chi connectivity index (χ4v) is 8.24. The molecule has 2 aliphatic heterocycles. The van der Waals surface area contributed by atoms with Crippen molar-refractivity contribution in [2.45, 2.75) is 44.6 Å². The molecule has 1 atom stereocenters. The van der Waals surface area contributed by atoms with E-state index in [-0.39, 0.29) is 28.6 Å². The number of carbonyl (C=O) groups excluding carboxylic acids is 2. The van der Waals surface area contributed by atoms with Crippen LogP contribution in [0.5, 0.6) is 28.7 Å². The number of rotatable bonds is 17. The van der Waals surface area contributed by atoms with Crippen LogP contribution in [0.2, 0.25) is 0 Å². The minimum atomic E-state index is -0.986. The van der Waals surface area contributed by atoms with E-state index < -0.39 is 5.97 Å². The number of imidazole rings is 1. The van der Waals surface area contributed by atoms with Crippen molar-refractivity contribution in [2.24, 2.45) is 5.92 Å². The Morgan fingerprint density at radius 2 is 1.49 bits per heavy atom. The second-order valence-corrected chi connectivity index (χ2v) is 15.0. The smallest absolute Gasteiger partial charge is 0.335 e. The summed E-state index contributed by atoms with van der Waals surface area (Å²) in [6, 6.07) is 16.1. The molecule has 1 unspecified atom stereocenters. The quantitative estimate of drug-likeness (QED) is 0.0869. The number of allylic oxidation sites excluding steroid dienone is 3. The average Bonchev–Trinajstić information content (AvgIpc) is 3.89. The highest BCUT2D eigenvalue weighted by molar-refractivity contribution is 5.96. The average molecular weight is 807 g/mol. The molecule has 0 radical (unpaired) electrons.